The molecular formula is C21H29N3O3. The lowest BCUT2D eigenvalue weighted by atomic mass is 9.93. The van der Waals surface area contributed by atoms with Crippen molar-refractivity contribution in [1.29, 1.82) is 0 Å². The Morgan fingerprint density at radius 1 is 1.15 bits per heavy atom. The van der Waals surface area contributed by atoms with Gasteiger partial charge in [0.25, 0.3) is 0 Å². The van der Waals surface area contributed by atoms with Gasteiger partial charge >= 0.3 is 0 Å². The van der Waals surface area contributed by atoms with Crippen LogP contribution in [-0.2, 0) is 14.4 Å². The number of anilines is 2. The number of hydrogen-bond donors (Lipinski definition) is 1. The van der Waals surface area contributed by atoms with Gasteiger partial charge in [0.2, 0.25) is 17.7 Å². The molecule has 1 unspecified atom stereocenters. The number of amides is 3. The van der Waals surface area contributed by atoms with Crippen LogP contribution in [0, 0.1) is 5.92 Å². The van der Waals surface area contributed by atoms with E-state index in [2.05, 4.69) is 5.32 Å². The summed E-state index contributed by atoms with van der Waals surface area (Å²) < 4.78 is 0. The van der Waals surface area contributed by atoms with Crippen LogP contribution in [0.5, 0.6) is 0 Å². The first-order chi connectivity index (χ1) is 13.0. The Kier molecular flexibility index (Phi) is 6.14. The van der Waals surface area contributed by atoms with Crippen molar-refractivity contribution in [2.45, 2.75) is 58.4 Å². The zero-order valence-electron chi connectivity index (χ0n) is 16.2. The first kappa shape index (κ1) is 19.4. The molecule has 6 heteroatoms. The van der Waals surface area contributed by atoms with Crippen LogP contribution in [0.25, 0.3) is 0 Å². The predicted molar refractivity (Wildman–Crippen MR) is 105 cm³/mol. The summed E-state index contributed by atoms with van der Waals surface area (Å²) >= 11 is 0. The zero-order chi connectivity index (χ0) is 19.4. The Morgan fingerprint density at radius 3 is 2.41 bits per heavy atom. The molecule has 146 valence electrons. The fourth-order valence-corrected chi connectivity index (χ4v) is 4.27. The molecule has 0 radical (unpaired) electrons. The van der Waals surface area contributed by atoms with Gasteiger partial charge in [-0.1, -0.05) is 19.3 Å². The number of nitrogens with zero attached hydrogens (tertiary/aromatic N) is 2. The lowest BCUT2D eigenvalue weighted by Crippen LogP contribution is -2.45. The summed E-state index contributed by atoms with van der Waals surface area (Å²) in [6.07, 6.45) is 6.06. The van der Waals surface area contributed by atoms with Crippen LogP contribution in [0.1, 0.15) is 52.4 Å². The number of nitrogens with one attached hydrogen (secondary N) is 1. The summed E-state index contributed by atoms with van der Waals surface area (Å²) in [6.45, 7) is 4.63. The minimum Gasteiger partial charge on any atom is -0.340 e. The maximum atomic E-state index is 13.1. The number of benzene rings is 1. The van der Waals surface area contributed by atoms with E-state index in [-0.39, 0.29) is 30.1 Å². The smallest absolute Gasteiger partial charge is 0.228 e. The molecule has 0 spiro atoms. The molecule has 1 heterocycles. The van der Waals surface area contributed by atoms with Gasteiger partial charge in [-0.2, -0.15) is 0 Å². The quantitative estimate of drug-likeness (QED) is 0.864. The van der Waals surface area contributed by atoms with Crippen molar-refractivity contribution in [3.8, 4) is 0 Å². The standard InChI is InChI=1S/C21H29N3O3/c1-3-23(18-7-5-4-6-8-18)21(27)16-13-20(26)24(14-16)19-11-9-17(10-12-19)22-15(2)25/h9-12,16,18H,3-8,13-14H2,1-2H3,(H,22,25). The molecule has 2 aliphatic rings. The Hall–Kier alpha value is -2.37. The highest BCUT2D eigenvalue weighted by Gasteiger charge is 2.38. The van der Waals surface area contributed by atoms with Gasteiger partial charge in [-0.05, 0) is 44.0 Å². The molecule has 1 atom stereocenters. The Balaban J connectivity index is 1.67. The predicted octanol–water partition coefficient (Wildman–Crippen LogP) is 3.18. The summed E-state index contributed by atoms with van der Waals surface area (Å²) in [6, 6.07) is 7.51. The minimum atomic E-state index is -0.269. The van der Waals surface area contributed by atoms with Gasteiger partial charge in [0.05, 0.1) is 5.92 Å². The highest BCUT2D eigenvalue weighted by Crippen LogP contribution is 2.30. The molecule has 6 nitrogen and oxygen atoms in total. The summed E-state index contributed by atoms with van der Waals surface area (Å²) in [5.74, 6) is -0.294. The first-order valence-electron chi connectivity index (χ1n) is 9.98. The van der Waals surface area contributed by atoms with E-state index in [4.69, 9.17) is 0 Å². The van der Waals surface area contributed by atoms with E-state index in [0.29, 0.717) is 24.8 Å². The van der Waals surface area contributed by atoms with Crippen LogP contribution in [0.4, 0.5) is 11.4 Å². The summed E-state index contributed by atoms with van der Waals surface area (Å²) in [5.41, 5.74) is 1.46. The SMILES string of the molecule is CCN(C(=O)C1CC(=O)N(c2ccc(NC(C)=O)cc2)C1)C1CCCCC1. The molecule has 0 bridgehead atoms. The lowest BCUT2D eigenvalue weighted by Gasteiger charge is -2.35. The lowest BCUT2D eigenvalue weighted by molar-refractivity contribution is -0.138. The van der Waals surface area contributed by atoms with Crippen molar-refractivity contribution in [1.82, 2.24) is 4.90 Å². The van der Waals surface area contributed by atoms with Crippen molar-refractivity contribution in [3.05, 3.63) is 24.3 Å². The maximum absolute atomic E-state index is 13.1. The van der Waals surface area contributed by atoms with E-state index in [0.717, 1.165) is 18.5 Å². The molecule has 27 heavy (non-hydrogen) atoms. The second kappa shape index (κ2) is 8.55. The van der Waals surface area contributed by atoms with Crippen LogP contribution < -0.4 is 10.2 Å². The van der Waals surface area contributed by atoms with Crippen molar-refractivity contribution in [2.75, 3.05) is 23.3 Å². The van der Waals surface area contributed by atoms with E-state index in [9.17, 15) is 14.4 Å². The van der Waals surface area contributed by atoms with E-state index < -0.39 is 0 Å². The van der Waals surface area contributed by atoms with Crippen molar-refractivity contribution < 1.29 is 14.4 Å². The average Bonchev–Trinajstić information content (AvgIpc) is 3.05. The van der Waals surface area contributed by atoms with E-state index in [1.165, 1.54) is 26.2 Å². The largest absolute Gasteiger partial charge is 0.340 e. The average molecular weight is 371 g/mol. The zero-order valence-corrected chi connectivity index (χ0v) is 16.2. The number of carbonyl (C=O) groups excluding carboxylic acids is 3. The second-order valence-corrected chi connectivity index (χ2v) is 7.55. The van der Waals surface area contributed by atoms with E-state index in [1.807, 2.05) is 24.0 Å². The van der Waals surface area contributed by atoms with Gasteiger partial charge in [0.15, 0.2) is 0 Å². The Labute approximate surface area is 160 Å². The van der Waals surface area contributed by atoms with Crippen LogP contribution in [0.3, 0.4) is 0 Å². The molecule has 1 aliphatic carbocycles. The van der Waals surface area contributed by atoms with Gasteiger partial charge in [-0.3, -0.25) is 14.4 Å². The highest BCUT2D eigenvalue weighted by atomic mass is 16.2. The molecule has 1 saturated carbocycles. The molecule has 3 amide bonds. The van der Waals surface area contributed by atoms with Crippen LogP contribution in [0.2, 0.25) is 0 Å². The summed E-state index contributed by atoms with van der Waals surface area (Å²) in [5, 5.41) is 2.72. The van der Waals surface area contributed by atoms with E-state index in [1.54, 1.807) is 17.0 Å². The molecule has 1 saturated heterocycles. The Bertz CT molecular complexity index is 695. The van der Waals surface area contributed by atoms with Gasteiger partial charge in [-0.25, -0.2) is 0 Å². The number of carbonyl (C=O) groups is 3. The Morgan fingerprint density at radius 2 is 1.81 bits per heavy atom. The first-order valence-corrected chi connectivity index (χ1v) is 9.98. The molecule has 3 rings (SSSR count). The third-order valence-electron chi connectivity index (χ3n) is 5.61. The molecule has 0 aromatic heterocycles. The van der Waals surface area contributed by atoms with E-state index >= 15 is 0 Å². The fourth-order valence-electron chi connectivity index (χ4n) is 4.27. The summed E-state index contributed by atoms with van der Waals surface area (Å²) in [4.78, 5) is 40.4. The van der Waals surface area contributed by atoms with Crippen molar-refractivity contribution >= 4 is 29.1 Å². The molecule has 1 aromatic carbocycles. The van der Waals surface area contributed by atoms with Gasteiger partial charge < -0.3 is 15.1 Å². The van der Waals surface area contributed by atoms with Gasteiger partial charge in [-0.15, -0.1) is 0 Å². The fraction of sp³-hybridized carbons (Fsp3) is 0.571. The van der Waals surface area contributed by atoms with Gasteiger partial charge in [0.1, 0.15) is 0 Å². The van der Waals surface area contributed by atoms with Crippen molar-refractivity contribution in [3.63, 3.8) is 0 Å². The molecular weight excluding hydrogens is 342 g/mol. The van der Waals surface area contributed by atoms with Crippen molar-refractivity contribution in [2.24, 2.45) is 5.92 Å². The third-order valence-corrected chi connectivity index (χ3v) is 5.61. The molecule has 1 aliphatic heterocycles. The number of hydrogen-bond acceptors (Lipinski definition) is 3. The molecule has 1 aromatic rings. The van der Waals surface area contributed by atoms with Crippen LogP contribution in [-0.4, -0.2) is 41.8 Å². The van der Waals surface area contributed by atoms with Crippen LogP contribution in [0.15, 0.2) is 24.3 Å². The molecule has 1 N–H and O–H groups in total. The topological polar surface area (TPSA) is 69.7 Å². The normalized spacial score (nSPS) is 20.6. The number of rotatable bonds is 5. The monoisotopic (exact) mass is 371 g/mol. The summed E-state index contributed by atoms with van der Waals surface area (Å²) in [7, 11) is 0. The maximum Gasteiger partial charge on any atom is 0.228 e. The highest BCUT2D eigenvalue weighted by molar-refractivity contribution is 6.00. The minimum absolute atomic E-state index is 0.0136. The third kappa shape index (κ3) is 4.49. The van der Waals surface area contributed by atoms with Crippen LogP contribution >= 0.6 is 0 Å². The molecule has 2 fully saturated rings. The second-order valence-electron chi connectivity index (χ2n) is 7.55. The van der Waals surface area contributed by atoms with Gasteiger partial charge in [0, 0.05) is 43.9 Å².